The summed E-state index contributed by atoms with van der Waals surface area (Å²) < 4.78 is 75.7. The van der Waals surface area contributed by atoms with Crippen molar-refractivity contribution in [1.82, 2.24) is 4.57 Å². The normalized spacial score (nSPS) is 12.9. The third-order valence-corrected chi connectivity index (χ3v) is 5.35. The number of fused-ring (bicyclic) bond motifs is 1. The molecule has 2 aromatic carbocycles. The van der Waals surface area contributed by atoms with E-state index in [0.717, 1.165) is 23.5 Å². The first-order chi connectivity index (χ1) is 13.0. The number of nitrogens with zero attached hydrogens (tertiary/aromatic N) is 1. The molecule has 0 aliphatic heterocycles. The van der Waals surface area contributed by atoms with E-state index in [0.29, 0.717) is 17.3 Å². The van der Waals surface area contributed by atoms with E-state index >= 15 is 0 Å². The molecule has 1 aromatic heterocycles. The molecule has 0 unspecified atom stereocenters. The maximum absolute atomic E-state index is 13.1. The van der Waals surface area contributed by atoms with Gasteiger partial charge in [-0.3, -0.25) is 0 Å². The van der Waals surface area contributed by atoms with Gasteiger partial charge in [0.1, 0.15) is 5.82 Å². The first-order valence-corrected chi connectivity index (χ1v) is 10.2. The highest BCUT2D eigenvalue weighted by molar-refractivity contribution is 7.90. The summed E-state index contributed by atoms with van der Waals surface area (Å²) in [5.41, 5.74) is 2.11. The Morgan fingerprint density at radius 1 is 1.07 bits per heavy atom. The second-order valence-electron chi connectivity index (χ2n) is 6.52. The average molecular weight is 411 g/mol. The molecular weight excluding hydrogens is 394 g/mol. The molecule has 0 saturated carbocycles. The van der Waals surface area contributed by atoms with Crippen molar-refractivity contribution in [1.29, 1.82) is 0 Å². The van der Waals surface area contributed by atoms with Gasteiger partial charge in [0.25, 0.3) is 0 Å². The van der Waals surface area contributed by atoms with Gasteiger partial charge in [0.15, 0.2) is 9.84 Å². The topological polar surface area (TPSA) is 39.1 Å². The van der Waals surface area contributed by atoms with Gasteiger partial charge < -0.3 is 4.57 Å². The van der Waals surface area contributed by atoms with Crippen molar-refractivity contribution in [3.05, 3.63) is 71.7 Å². The molecule has 0 aliphatic carbocycles. The smallest absolute Gasteiger partial charge is 0.323 e. The number of rotatable bonds is 5. The number of alkyl halides is 3. The van der Waals surface area contributed by atoms with Crippen LogP contribution in [0.4, 0.5) is 17.6 Å². The van der Waals surface area contributed by atoms with E-state index in [2.05, 4.69) is 0 Å². The number of benzene rings is 2. The summed E-state index contributed by atoms with van der Waals surface area (Å²) in [6, 6.07) is 10.4. The molecule has 0 spiro atoms. The van der Waals surface area contributed by atoms with Crippen LogP contribution in [0.1, 0.15) is 17.5 Å². The molecule has 0 fully saturated rings. The molecule has 148 valence electrons. The molecule has 3 nitrogen and oxygen atoms in total. The highest BCUT2D eigenvalue weighted by Gasteiger charge is 2.24. The summed E-state index contributed by atoms with van der Waals surface area (Å²) in [6.07, 6.45) is 0.0715. The number of sulfone groups is 1. The van der Waals surface area contributed by atoms with Gasteiger partial charge in [0.2, 0.25) is 0 Å². The van der Waals surface area contributed by atoms with E-state index in [-0.39, 0.29) is 10.7 Å². The molecule has 3 aromatic rings. The first kappa shape index (κ1) is 20.1. The van der Waals surface area contributed by atoms with E-state index < -0.39 is 22.4 Å². The molecule has 8 heteroatoms. The highest BCUT2D eigenvalue weighted by Crippen LogP contribution is 2.28. The van der Waals surface area contributed by atoms with Crippen LogP contribution in [0.3, 0.4) is 0 Å². The second kappa shape index (κ2) is 7.43. The maximum atomic E-state index is 13.1. The van der Waals surface area contributed by atoms with Gasteiger partial charge in [0, 0.05) is 24.0 Å². The minimum absolute atomic E-state index is 0.123. The second-order valence-corrected chi connectivity index (χ2v) is 8.54. The fraction of sp³-hybridized carbons (Fsp3) is 0.200. The molecule has 0 amide bonds. The van der Waals surface area contributed by atoms with E-state index in [9.17, 15) is 26.0 Å². The van der Waals surface area contributed by atoms with Gasteiger partial charge in [-0.05, 0) is 47.9 Å². The van der Waals surface area contributed by atoms with Crippen LogP contribution in [0.15, 0.2) is 59.6 Å². The van der Waals surface area contributed by atoms with Crippen LogP contribution in [-0.4, -0.2) is 25.4 Å². The Balaban J connectivity index is 2.07. The van der Waals surface area contributed by atoms with Crippen LogP contribution in [0.2, 0.25) is 0 Å². The van der Waals surface area contributed by atoms with Crippen LogP contribution in [0.5, 0.6) is 0 Å². The maximum Gasteiger partial charge on any atom is 0.392 e. The summed E-state index contributed by atoms with van der Waals surface area (Å²) >= 11 is 0. The lowest BCUT2D eigenvalue weighted by atomic mass is 10.0. The fourth-order valence-electron chi connectivity index (χ4n) is 2.92. The molecule has 0 bridgehead atoms. The van der Waals surface area contributed by atoms with E-state index in [1.807, 2.05) is 0 Å². The predicted octanol–water partition coefficient (Wildman–Crippen LogP) is 5.20. The van der Waals surface area contributed by atoms with E-state index in [4.69, 9.17) is 0 Å². The van der Waals surface area contributed by atoms with Gasteiger partial charge in [-0.15, -0.1) is 0 Å². The Kier molecular flexibility index (Phi) is 5.34. The standard InChI is InChI=1S/C20H17F4NO2S/c1-28(26,27)17-7-8-19-18(12-17)15(11-14-3-5-16(21)6-4-14)13-25(19)10-2-9-20(22,23)24/h2-8,10,12-13H,9,11H2,1H3/b10-2+. The van der Waals surface area contributed by atoms with Gasteiger partial charge in [-0.2, -0.15) is 13.2 Å². The highest BCUT2D eigenvalue weighted by atomic mass is 32.2. The summed E-state index contributed by atoms with van der Waals surface area (Å²) in [4.78, 5) is 0.123. The Bertz CT molecular complexity index is 1130. The SMILES string of the molecule is CS(=O)(=O)c1ccc2c(c1)c(Cc1ccc(F)cc1)cn2/C=C/CC(F)(F)F. The zero-order valence-corrected chi connectivity index (χ0v) is 15.7. The predicted molar refractivity (Wildman–Crippen MR) is 100 cm³/mol. The summed E-state index contributed by atoms with van der Waals surface area (Å²) in [5.74, 6) is -0.374. The molecule has 0 atom stereocenters. The fourth-order valence-corrected chi connectivity index (χ4v) is 3.57. The minimum Gasteiger partial charge on any atom is -0.323 e. The molecule has 3 rings (SSSR count). The summed E-state index contributed by atoms with van der Waals surface area (Å²) in [5, 5.41) is 0.615. The average Bonchev–Trinajstić information content (AvgIpc) is 2.92. The van der Waals surface area contributed by atoms with Gasteiger partial charge in [-0.1, -0.05) is 18.2 Å². The van der Waals surface area contributed by atoms with Crippen molar-refractivity contribution >= 4 is 26.9 Å². The van der Waals surface area contributed by atoms with Crippen molar-refractivity contribution in [2.45, 2.75) is 23.9 Å². The number of allylic oxidation sites excluding steroid dienone is 1. The number of aromatic nitrogens is 1. The molecule has 1 heterocycles. The van der Waals surface area contributed by atoms with Crippen LogP contribution in [0, 0.1) is 5.82 Å². The molecule has 0 N–H and O–H groups in total. The largest absolute Gasteiger partial charge is 0.392 e. The molecule has 0 saturated heterocycles. The van der Waals surface area contributed by atoms with Crippen molar-refractivity contribution in [2.75, 3.05) is 6.26 Å². The molecule has 0 aliphatic rings. The van der Waals surface area contributed by atoms with E-state index in [1.54, 1.807) is 24.4 Å². The van der Waals surface area contributed by atoms with Gasteiger partial charge in [-0.25, -0.2) is 12.8 Å². The Hall–Kier alpha value is -2.61. The van der Waals surface area contributed by atoms with Crippen LogP contribution < -0.4 is 0 Å². The molecule has 0 radical (unpaired) electrons. The van der Waals surface area contributed by atoms with Crippen molar-refractivity contribution < 1.29 is 26.0 Å². The quantitative estimate of drug-likeness (QED) is 0.542. The van der Waals surface area contributed by atoms with Crippen LogP contribution in [0.25, 0.3) is 17.1 Å². The van der Waals surface area contributed by atoms with Gasteiger partial charge >= 0.3 is 6.18 Å². The summed E-state index contributed by atoms with van der Waals surface area (Å²) in [6.45, 7) is 0. The Labute approximate surface area is 159 Å². The lowest BCUT2D eigenvalue weighted by molar-refractivity contribution is -0.124. The monoisotopic (exact) mass is 411 g/mol. The van der Waals surface area contributed by atoms with Crippen LogP contribution >= 0.6 is 0 Å². The van der Waals surface area contributed by atoms with E-state index in [1.165, 1.54) is 35.0 Å². The molecule has 28 heavy (non-hydrogen) atoms. The van der Waals surface area contributed by atoms with Gasteiger partial charge in [0.05, 0.1) is 16.8 Å². The first-order valence-electron chi connectivity index (χ1n) is 8.34. The lowest BCUT2D eigenvalue weighted by Crippen LogP contribution is -2.04. The zero-order chi connectivity index (χ0) is 20.5. The van der Waals surface area contributed by atoms with Crippen molar-refractivity contribution in [3.63, 3.8) is 0 Å². The summed E-state index contributed by atoms with van der Waals surface area (Å²) in [7, 11) is -3.44. The molecular formula is C20H17F4NO2S. The van der Waals surface area contributed by atoms with Crippen LogP contribution in [-0.2, 0) is 16.3 Å². The third kappa shape index (κ3) is 4.81. The van der Waals surface area contributed by atoms with Crippen molar-refractivity contribution in [2.24, 2.45) is 0 Å². The number of halogens is 4. The number of hydrogen-bond acceptors (Lipinski definition) is 2. The number of hydrogen-bond donors (Lipinski definition) is 0. The Morgan fingerprint density at radius 3 is 2.36 bits per heavy atom. The zero-order valence-electron chi connectivity index (χ0n) is 14.9. The van der Waals surface area contributed by atoms with Crippen molar-refractivity contribution in [3.8, 4) is 0 Å². The minimum atomic E-state index is -4.31. The third-order valence-electron chi connectivity index (χ3n) is 4.24. The Morgan fingerprint density at radius 2 is 1.75 bits per heavy atom. The lowest BCUT2D eigenvalue weighted by Gasteiger charge is -2.03.